The highest BCUT2D eigenvalue weighted by atomic mass is 16.5. The second-order valence-electron chi connectivity index (χ2n) is 7.21. The van der Waals surface area contributed by atoms with Crippen LogP contribution in [-0.2, 0) is 19.7 Å². The molecule has 0 aliphatic heterocycles. The van der Waals surface area contributed by atoms with E-state index in [4.69, 9.17) is 9.68 Å². The topological polar surface area (TPSA) is 52.9 Å². The van der Waals surface area contributed by atoms with Crippen LogP contribution in [-0.4, -0.2) is 29.8 Å². The first-order valence-electron chi connectivity index (χ1n) is 9.64. The zero-order chi connectivity index (χ0) is 20.2. The van der Waals surface area contributed by atoms with Gasteiger partial charge < -0.3 is 14.8 Å². The van der Waals surface area contributed by atoms with Crippen molar-refractivity contribution in [1.82, 2.24) is 4.90 Å². The largest absolute Gasteiger partial charge is 0.569 e. The van der Waals surface area contributed by atoms with E-state index in [1.807, 2.05) is 48.5 Å². The molecule has 0 amide bonds. The van der Waals surface area contributed by atoms with Crippen molar-refractivity contribution in [3.8, 4) is 5.75 Å². The average molecular weight is 384 g/mol. The SMILES string of the molecule is CN(Cc1ccccc1O[B]O)Cc1c2ccccc2c(CO)c2ccccc12. The summed E-state index contributed by atoms with van der Waals surface area (Å²) in [5, 5.41) is 23.6. The van der Waals surface area contributed by atoms with Crippen molar-refractivity contribution in [3.05, 3.63) is 89.5 Å². The van der Waals surface area contributed by atoms with Crippen molar-refractivity contribution < 1.29 is 14.8 Å². The summed E-state index contributed by atoms with van der Waals surface area (Å²) in [4.78, 5) is 2.23. The number of aliphatic hydroxyl groups is 1. The molecule has 4 aromatic rings. The van der Waals surface area contributed by atoms with Crippen LogP contribution in [0.2, 0.25) is 0 Å². The molecule has 0 atom stereocenters. The van der Waals surface area contributed by atoms with Crippen LogP contribution < -0.4 is 4.65 Å². The Labute approximate surface area is 171 Å². The quantitative estimate of drug-likeness (QED) is 0.373. The monoisotopic (exact) mass is 384 g/mol. The molecule has 0 fully saturated rings. The van der Waals surface area contributed by atoms with Gasteiger partial charge in [-0.1, -0.05) is 66.7 Å². The minimum absolute atomic E-state index is 0.0134. The van der Waals surface area contributed by atoms with Crippen LogP contribution in [0, 0.1) is 0 Å². The Hall–Kier alpha value is -2.86. The lowest BCUT2D eigenvalue weighted by molar-refractivity contribution is 0.284. The Morgan fingerprint density at radius 3 is 1.83 bits per heavy atom. The fourth-order valence-corrected chi connectivity index (χ4v) is 4.07. The lowest BCUT2D eigenvalue weighted by atomic mass is 9.91. The van der Waals surface area contributed by atoms with E-state index in [0.717, 1.165) is 39.2 Å². The highest BCUT2D eigenvalue weighted by molar-refractivity contribution is 6.17. The predicted molar refractivity (Wildman–Crippen MR) is 118 cm³/mol. The van der Waals surface area contributed by atoms with E-state index < -0.39 is 0 Å². The normalized spacial score (nSPS) is 11.3. The Kier molecular flexibility index (Phi) is 5.81. The average Bonchev–Trinajstić information content (AvgIpc) is 2.75. The van der Waals surface area contributed by atoms with Crippen LogP contribution in [0.15, 0.2) is 72.8 Å². The van der Waals surface area contributed by atoms with E-state index in [9.17, 15) is 5.11 Å². The van der Waals surface area contributed by atoms with Gasteiger partial charge in [0.05, 0.1) is 6.61 Å². The Morgan fingerprint density at radius 2 is 1.28 bits per heavy atom. The van der Waals surface area contributed by atoms with E-state index in [1.165, 1.54) is 5.56 Å². The second-order valence-corrected chi connectivity index (χ2v) is 7.21. The number of aliphatic hydroxyl groups excluding tert-OH is 1. The zero-order valence-corrected chi connectivity index (χ0v) is 16.4. The first kappa shape index (κ1) is 19.5. The van der Waals surface area contributed by atoms with Gasteiger partial charge in [-0.15, -0.1) is 0 Å². The number of nitrogens with zero attached hydrogens (tertiary/aromatic N) is 1. The minimum Gasteiger partial charge on any atom is -0.537 e. The number of hydrogen-bond donors (Lipinski definition) is 2. The van der Waals surface area contributed by atoms with Crippen LogP contribution in [0.5, 0.6) is 5.75 Å². The standard InChI is InChI=1S/C24H23BNO3/c1-26(14-17-8-2-7-13-24(17)29-25-28)15-22-18-9-3-5-11-20(18)23(16-27)21-12-6-4-10-19(21)22/h2-13,27-28H,14-16H2,1H3. The molecule has 0 saturated heterocycles. The minimum atomic E-state index is 0.0134. The summed E-state index contributed by atoms with van der Waals surface area (Å²) in [6.45, 7) is 1.43. The summed E-state index contributed by atoms with van der Waals surface area (Å²) in [5.41, 5.74) is 3.21. The van der Waals surface area contributed by atoms with Gasteiger partial charge in [0.1, 0.15) is 5.75 Å². The van der Waals surface area contributed by atoms with E-state index in [2.05, 4.69) is 36.2 Å². The summed E-state index contributed by atoms with van der Waals surface area (Å²) in [6, 6.07) is 24.2. The van der Waals surface area contributed by atoms with Crippen molar-refractivity contribution in [2.75, 3.05) is 7.05 Å². The molecule has 145 valence electrons. The maximum absolute atomic E-state index is 10.0. The first-order valence-corrected chi connectivity index (χ1v) is 9.64. The molecule has 0 aromatic heterocycles. The van der Waals surface area contributed by atoms with Crippen molar-refractivity contribution in [1.29, 1.82) is 0 Å². The van der Waals surface area contributed by atoms with Gasteiger partial charge in [-0.05, 0) is 45.8 Å². The second kappa shape index (κ2) is 8.66. The van der Waals surface area contributed by atoms with Gasteiger partial charge >= 0.3 is 7.69 Å². The third-order valence-electron chi connectivity index (χ3n) is 5.33. The highest BCUT2D eigenvalue weighted by Gasteiger charge is 2.15. The fraction of sp³-hybridized carbons (Fsp3) is 0.167. The molecule has 4 aromatic carbocycles. The molecule has 0 unspecified atom stereocenters. The number of para-hydroxylation sites is 1. The molecule has 4 nitrogen and oxygen atoms in total. The molecule has 1 radical (unpaired) electrons. The summed E-state index contributed by atoms with van der Waals surface area (Å²) >= 11 is 0. The van der Waals surface area contributed by atoms with Crippen LogP contribution in [0.25, 0.3) is 21.5 Å². The molecule has 4 rings (SSSR count). The van der Waals surface area contributed by atoms with Crippen molar-refractivity contribution in [2.45, 2.75) is 19.7 Å². The van der Waals surface area contributed by atoms with E-state index in [1.54, 1.807) is 0 Å². The predicted octanol–water partition coefficient (Wildman–Crippen LogP) is 4.02. The van der Waals surface area contributed by atoms with Crippen LogP contribution in [0.4, 0.5) is 0 Å². The van der Waals surface area contributed by atoms with Crippen LogP contribution in [0.3, 0.4) is 0 Å². The lowest BCUT2D eigenvalue weighted by Crippen LogP contribution is -2.19. The van der Waals surface area contributed by atoms with Crippen molar-refractivity contribution in [3.63, 3.8) is 0 Å². The van der Waals surface area contributed by atoms with Gasteiger partial charge in [0.15, 0.2) is 0 Å². The highest BCUT2D eigenvalue weighted by Crippen LogP contribution is 2.34. The summed E-state index contributed by atoms with van der Waals surface area (Å²) < 4.78 is 5.23. The van der Waals surface area contributed by atoms with Gasteiger partial charge in [0.2, 0.25) is 0 Å². The van der Waals surface area contributed by atoms with Gasteiger partial charge in [0, 0.05) is 18.7 Å². The summed E-state index contributed by atoms with van der Waals surface area (Å²) in [7, 11) is 2.79. The van der Waals surface area contributed by atoms with Gasteiger partial charge in [-0.2, -0.15) is 0 Å². The molecule has 5 heteroatoms. The number of fused-ring (bicyclic) bond motifs is 2. The fourth-order valence-electron chi connectivity index (χ4n) is 4.07. The maximum atomic E-state index is 10.0. The first-order chi connectivity index (χ1) is 14.2. The molecule has 0 bridgehead atoms. The molecule has 2 N–H and O–H groups in total. The Bertz CT molecular complexity index is 1090. The number of hydrogen-bond acceptors (Lipinski definition) is 4. The summed E-state index contributed by atoms with van der Waals surface area (Å²) in [5.74, 6) is 0.646. The Balaban J connectivity index is 1.76. The van der Waals surface area contributed by atoms with Gasteiger partial charge in [-0.3, -0.25) is 4.90 Å². The third kappa shape index (κ3) is 3.85. The zero-order valence-electron chi connectivity index (χ0n) is 16.4. The number of rotatable bonds is 7. The van der Waals surface area contributed by atoms with Gasteiger partial charge in [-0.25, -0.2) is 0 Å². The van der Waals surface area contributed by atoms with E-state index in [0.29, 0.717) is 20.0 Å². The molecule has 29 heavy (non-hydrogen) atoms. The molecule has 0 aliphatic rings. The molecule has 0 heterocycles. The van der Waals surface area contributed by atoms with E-state index >= 15 is 0 Å². The molecule has 0 saturated carbocycles. The molecular formula is C24H23BNO3. The maximum Gasteiger partial charge on any atom is 0.569 e. The Morgan fingerprint density at radius 1 is 0.759 bits per heavy atom. The molecular weight excluding hydrogens is 361 g/mol. The molecule has 0 aliphatic carbocycles. The third-order valence-corrected chi connectivity index (χ3v) is 5.33. The van der Waals surface area contributed by atoms with Crippen LogP contribution >= 0.6 is 0 Å². The smallest absolute Gasteiger partial charge is 0.537 e. The van der Waals surface area contributed by atoms with Crippen LogP contribution in [0.1, 0.15) is 16.7 Å². The lowest BCUT2D eigenvalue weighted by Gasteiger charge is -2.22. The van der Waals surface area contributed by atoms with Gasteiger partial charge in [0.25, 0.3) is 0 Å². The van der Waals surface area contributed by atoms with Crippen molar-refractivity contribution in [2.24, 2.45) is 0 Å². The number of benzene rings is 4. The van der Waals surface area contributed by atoms with E-state index in [-0.39, 0.29) is 6.61 Å². The molecule has 0 spiro atoms. The van der Waals surface area contributed by atoms with Crippen molar-refractivity contribution >= 4 is 29.2 Å². The summed E-state index contributed by atoms with van der Waals surface area (Å²) in [6.07, 6.45) is 0.